The van der Waals surface area contributed by atoms with Gasteiger partial charge in [0, 0.05) is 13.2 Å². The minimum atomic E-state index is -0.178. The van der Waals surface area contributed by atoms with E-state index < -0.39 is 0 Å². The first-order valence-electron chi connectivity index (χ1n) is 8.06. The SMILES string of the molecule is COCC[NH+](CC(=O)Nc1cc(C)on1)Cc1nnc(-c2cccs2)o1. The maximum Gasteiger partial charge on any atom is 0.280 e. The summed E-state index contributed by atoms with van der Waals surface area (Å²) in [6.45, 7) is 3.54. The fourth-order valence-electron chi connectivity index (χ4n) is 2.36. The molecule has 3 aromatic rings. The van der Waals surface area contributed by atoms with Crippen LogP contribution in [0, 0.1) is 6.92 Å². The molecule has 1 unspecified atom stereocenters. The Morgan fingerprint density at radius 1 is 1.42 bits per heavy atom. The third kappa shape index (κ3) is 4.97. The summed E-state index contributed by atoms with van der Waals surface area (Å²) in [4.78, 5) is 14.1. The first kappa shape index (κ1) is 18.2. The van der Waals surface area contributed by atoms with E-state index in [0.717, 1.165) is 9.78 Å². The Kier molecular flexibility index (Phi) is 6.10. The van der Waals surface area contributed by atoms with Crippen LogP contribution in [-0.2, 0) is 16.1 Å². The molecular formula is C16H20N5O4S+. The highest BCUT2D eigenvalue weighted by Crippen LogP contribution is 2.22. The zero-order valence-corrected chi connectivity index (χ0v) is 15.3. The molecule has 0 saturated carbocycles. The van der Waals surface area contributed by atoms with Gasteiger partial charge < -0.3 is 23.9 Å². The van der Waals surface area contributed by atoms with Crippen molar-refractivity contribution in [2.24, 2.45) is 0 Å². The summed E-state index contributed by atoms with van der Waals surface area (Å²) in [5.74, 6) is 1.82. The Hall–Kier alpha value is -2.56. The molecule has 0 aromatic carbocycles. The number of anilines is 1. The summed E-state index contributed by atoms with van der Waals surface area (Å²) in [6.07, 6.45) is 0. The summed E-state index contributed by atoms with van der Waals surface area (Å²) in [5.41, 5.74) is 0. The highest BCUT2D eigenvalue weighted by Gasteiger charge is 2.20. The molecule has 0 bridgehead atoms. The molecule has 3 heterocycles. The Labute approximate surface area is 153 Å². The van der Waals surface area contributed by atoms with Crippen molar-refractivity contribution < 1.29 is 23.4 Å². The quantitative estimate of drug-likeness (QED) is 0.566. The van der Waals surface area contributed by atoms with Crippen molar-refractivity contribution >= 4 is 23.1 Å². The number of nitrogens with zero attached hydrogens (tertiary/aromatic N) is 3. The van der Waals surface area contributed by atoms with Gasteiger partial charge in [-0.05, 0) is 18.4 Å². The fraction of sp³-hybridized carbons (Fsp3) is 0.375. The van der Waals surface area contributed by atoms with E-state index in [1.165, 1.54) is 11.3 Å². The number of ether oxygens (including phenoxy) is 1. The first-order chi connectivity index (χ1) is 12.6. The predicted octanol–water partition coefficient (Wildman–Crippen LogP) is 0.765. The van der Waals surface area contributed by atoms with Crippen molar-refractivity contribution in [1.29, 1.82) is 0 Å². The molecule has 138 valence electrons. The minimum absolute atomic E-state index is 0.178. The van der Waals surface area contributed by atoms with E-state index in [-0.39, 0.29) is 12.5 Å². The first-order valence-corrected chi connectivity index (χ1v) is 8.94. The van der Waals surface area contributed by atoms with E-state index in [1.54, 1.807) is 20.1 Å². The second kappa shape index (κ2) is 8.70. The molecule has 0 spiro atoms. The van der Waals surface area contributed by atoms with Crippen LogP contribution in [0.15, 0.2) is 32.5 Å². The monoisotopic (exact) mass is 378 g/mol. The Morgan fingerprint density at radius 3 is 3.00 bits per heavy atom. The smallest absolute Gasteiger partial charge is 0.280 e. The number of nitrogens with one attached hydrogen (secondary N) is 2. The molecule has 2 N–H and O–H groups in total. The number of quaternary nitrogens is 1. The van der Waals surface area contributed by atoms with Crippen LogP contribution in [0.5, 0.6) is 0 Å². The summed E-state index contributed by atoms with van der Waals surface area (Å²) >= 11 is 1.53. The molecule has 0 saturated heterocycles. The van der Waals surface area contributed by atoms with Crippen LogP contribution in [0.25, 0.3) is 10.8 Å². The normalized spacial score (nSPS) is 12.2. The second-order valence-corrected chi connectivity index (χ2v) is 6.64. The van der Waals surface area contributed by atoms with Gasteiger partial charge >= 0.3 is 0 Å². The molecule has 3 aromatic heterocycles. The van der Waals surface area contributed by atoms with Gasteiger partial charge in [-0.2, -0.15) is 0 Å². The van der Waals surface area contributed by atoms with Crippen LogP contribution in [0.3, 0.4) is 0 Å². The van der Waals surface area contributed by atoms with Crippen molar-refractivity contribution in [3.8, 4) is 10.8 Å². The van der Waals surface area contributed by atoms with E-state index in [1.807, 2.05) is 17.5 Å². The van der Waals surface area contributed by atoms with Crippen molar-refractivity contribution in [2.75, 3.05) is 32.1 Å². The van der Waals surface area contributed by atoms with Crippen molar-refractivity contribution in [3.63, 3.8) is 0 Å². The number of rotatable bonds is 9. The molecule has 9 nitrogen and oxygen atoms in total. The average molecular weight is 378 g/mol. The standard InChI is InChI=1S/C16H19N5O4S/c1-11-8-13(20-25-11)17-14(22)9-21(5-6-23-2)10-15-18-19-16(24-15)12-4-3-7-26-12/h3-4,7-8H,5-6,9-10H2,1-2H3,(H,17,20,22)/p+1. The van der Waals surface area contributed by atoms with Gasteiger partial charge in [0.15, 0.2) is 18.9 Å². The molecule has 1 atom stereocenters. The zero-order valence-electron chi connectivity index (χ0n) is 14.5. The lowest BCUT2D eigenvalue weighted by Gasteiger charge is -2.16. The molecule has 0 aliphatic carbocycles. The fourth-order valence-corrected chi connectivity index (χ4v) is 3.01. The third-order valence-corrected chi connectivity index (χ3v) is 4.42. The van der Waals surface area contributed by atoms with Gasteiger partial charge in [-0.25, -0.2) is 0 Å². The zero-order chi connectivity index (χ0) is 18.4. The number of aryl methyl sites for hydroxylation is 1. The number of hydrogen-bond acceptors (Lipinski definition) is 8. The summed E-state index contributed by atoms with van der Waals surface area (Å²) in [5, 5.41) is 16.6. The number of aromatic nitrogens is 3. The van der Waals surface area contributed by atoms with Crippen molar-refractivity contribution in [1.82, 2.24) is 15.4 Å². The molecule has 0 fully saturated rings. The molecule has 26 heavy (non-hydrogen) atoms. The van der Waals surface area contributed by atoms with E-state index in [2.05, 4.69) is 20.7 Å². The number of methoxy groups -OCH3 is 1. The number of carbonyl (C=O) groups is 1. The highest BCUT2D eigenvalue weighted by atomic mass is 32.1. The van der Waals surface area contributed by atoms with E-state index in [4.69, 9.17) is 13.7 Å². The van der Waals surface area contributed by atoms with Crippen LogP contribution >= 0.6 is 11.3 Å². The molecule has 0 radical (unpaired) electrons. The molecule has 0 aliphatic rings. The molecular weight excluding hydrogens is 358 g/mol. The van der Waals surface area contributed by atoms with Crippen LogP contribution in [0.1, 0.15) is 11.7 Å². The lowest BCUT2D eigenvalue weighted by molar-refractivity contribution is -0.907. The third-order valence-electron chi connectivity index (χ3n) is 3.57. The van der Waals surface area contributed by atoms with E-state index >= 15 is 0 Å². The Bertz CT molecular complexity index is 829. The van der Waals surface area contributed by atoms with Gasteiger partial charge in [-0.3, -0.25) is 4.79 Å². The van der Waals surface area contributed by atoms with Gasteiger partial charge in [-0.1, -0.05) is 11.2 Å². The van der Waals surface area contributed by atoms with Gasteiger partial charge in [0.05, 0.1) is 11.5 Å². The maximum atomic E-state index is 12.3. The number of carbonyl (C=O) groups excluding carboxylic acids is 1. The van der Waals surface area contributed by atoms with Crippen molar-refractivity contribution in [3.05, 3.63) is 35.2 Å². The number of hydrogen-bond donors (Lipinski definition) is 2. The molecule has 1 amide bonds. The Balaban J connectivity index is 1.61. The molecule has 3 rings (SSSR count). The van der Waals surface area contributed by atoms with Crippen LogP contribution in [0.4, 0.5) is 5.82 Å². The highest BCUT2D eigenvalue weighted by molar-refractivity contribution is 7.13. The average Bonchev–Trinajstić information content (AvgIpc) is 3.34. The van der Waals surface area contributed by atoms with Gasteiger partial charge in [0.25, 0.3) is 17.7 Å². The molecule has 10 heteroatoms. The minimum Gasteiger partial charge on any atom is -0.414 e. The van der Waals surface area contributed by atoms with Crippen LogP contribution in [-0.4, -0.2) is 48.1 Å². The van der Waals surface area contributed by atoms with Gasteiger partial charge in [-0.15, -0.1) is 21.5 Å². The second-order valence-electron chi connectivity index (χ2n) is 5.70. The maximum absolute atomic E-state index is 12.3. The lowest BCUT2D eigenvalue weighted by atomic mass is 10.4. The van der Waals surface area contributed by atoms with Crippen LogP contribution in [0.2, 0.25) is 0 Å². The largest absolute Gasteiger partial charge is 0.414 e. The van der Waals surface area contributed by atoms with E-state index in [9.17, 15) is 4.79 Å². The summed E-state index contributed by atoms with van der Waals surface area (Å²) in [6, 6.07) is 5.51. The predicted molar refractivity (Wildman–Crippen MR) is 93.8 cm³/mol. The van der Waals surface area contributed by atoms with Crippen molar-refractivity contribution in [2.45, 2.75) is 13.5 Å². The lowest BCUT2D eigenvalue weighted by Crippen LogP contribution is -3.12. The van der Waals surface area contributed by atoms with Crippen LogP contribution < -0.4 is 10.2 Å². The van der Waals surface area contributed by atoms with Gasteiger partial charge in [0.2, 0.25) is 0 Å². The topological polar surface area (TPSA) is 108 Å². The van der Waals surface area contributed by atoms with E-state index in [0.29, 0.717) is 43.1 Å². The van der Waals surface area contributed by atoms with Gasteiger partial charge in [0.1, 0.15) is 12.3 Å². The molecule has 0 aliphatic heterocycles. The number of amides is 1. The summed E-state index contributed by atoms with van der Waals surface area (Å²) < 4.78 is 15.8. The Morgan fingerprint density at radius 2 is 2.31 bits per heavy atom. The number of thiophene rings is 1. The summed E-state index contributed by atoms with van der Waals surface area (Å²) in [7, 11) is 1.62.